The normalized spacial score (nSPS) is 9.27. The molecule has 1 aromatic rings. The molecule has 1 aromatic heterocycles. The predicted octanol–water partition coefficient (Wildman–Crippen LogP) is 0.856. The molecule has 0 spiro atoms. The predicted molar refractivity (Wildman–Crippen MR) is 43.2 cm³/mol. The highest BCUT2D eigenvalue weighted by Crippen LogP contribution is 2.08. The van der Waals surface area contributed by atoms with Crippen molar-refractivity contribution in [3.63, 3.8) is 0 Å². The van der Waals surface area contributed by atoms with Crippen LogP contribution in [0, 0.1) is 6.92 Å². The number of amides is 1. The van der Waals surface area contributed by atoms with Crippen molar-refractivity contribution in [2.45, 2.75) is 0 Å². The van der Waals surface area contributed by atoms with Gasteiger partial charge in [-0.05, 0) is 19.1 Å². The number of carbonyl (C=O) groups excluding carboxylic acids is 1. The minimum absolute atomic E-state index is 0.702. The minimum atomic E-state index is 0.702. The number of hydrogen-bond acceptors (Lipinski definition) is 2. The van der Waals surface area contributed by atoms with E-state index in [4.69, 9.17) is 0 Å². The topological polar surface area (TPSA) is 33.2 Å². The standard InChI is InChI=1S/C8H9N2O/c1-7-3-4-8(5-9-7)10(2)6-11/h3-6H,1H2,2H3. The van der Waals surface area contributed by atoms with Gasteiger partial charge in [-0.3, -0.25) is 9.78 Å². The Kier molecular flexibility index (Phi) is 2.21. The van der Waals surface area contributed by atoms with E-state index >= 15 is 0 Å². The lowest BCUT2D eigenvalue weighted by atomic mass is 10.3. The van der Waals surface area contributed by atoms with E-state index in [1.54, 1.807) is 25.4 Å². The fraction of sp³-hybridized carbons (Fsp3) is 0.125. The van der Waals surface area contributed by atoms with E-state index in [2.05, 4.69) is 11.9 Å². The van der Waals surface area contributed by atoms with Crippen LogP contribution in [0.4, 0.5) is 5.69 Å². The molecule has 57 valence electrons. The molecule has 0 aliphatic rings. The quantitative estimate of drug-likeness (QED) is 0.584. The highest BCUT2D eigenvalue weighted by Gasteiger charge is 1.96. The SMILES string of the molecule is [CH2]c1ccc(N(C)C=O)cn1. The number of hydrogen-bond donors (Lipinski definition) is 0. The van der Waals surface area contributed by atoms with Crippen molar-refractivity contribution in [1.29, 1.82) is 0 Å². The van der Waals surface area contributed by atoms with Crippen molar-refractivity contribution in [1.82, 2.24) is 4.98 Å². The van der Waals surface area contributed by atoms with Crippen molar-refractivity contribution in [2.75, 3.05) is 11.9 Å². The Morgan fingerprint density at radius 3 is 2.82 bits per heavy atom. The van der Waals surface area contributed by atoms with Gasteiger partial charge in [0.2, 0.25) is 6.41 Å². The second kappa shape index (κ2) is 3.14. The molecule has 1 amide bonds. The molecule has 0 fully saturated rings. The second-order valence-corrected chi connectivity index (χ2v) is 2.22. The van der Waals surface area contributed by atoms with E-state index in [1.807, 2.05) is 0 Å². The third kappa shape index (κ3) is 1.77. The highest BCUT2D eigenvalue weighted by atomic mass is 16.1. The lowest BCUT2D eigenvalue weighted by Crippen LogP contribution is -2.13. The number of anilines is 1. The van der Waals surface area contributed by atoms with Crippen LogP contribution in [-0.4, -0.2) is 18.4 Å². The Labute approximate surface area is 65.7 Å². The van der Waals surface area contributed by atoms with Gasteiger partial charge in [-0.1, -0.05) is 0 Å². The average Bonchev–Trinajstić information content (AvgIpc) is 2.05. The maximum Gasteiger partial charge on any atom is 0.213 e. The van der Waals surface area contributed by atoms with Gasteiger partial charge in [-0.25, -0.2) is 0 Å². The zero-order valence-electron chi connectivity index (χ0n) is 6.32. The molecule has 3 heteroatoms. The molecule has 0 aliphatic carbocycles. The second-order valence-electron chi connectivity index (χ2n) is 2.22. The summed E-state index contributed by atoms with van der Waals surface area (Å²) in [7, 11) is 1.67. The number of pyridine rings is 1. The Bertz CT molecular complexity index is 243. The van der Waals surface area contributed by atoms with Crippen molar-refractivity contribution in [2.24, 2.45) is 0 Å². The fourth-order valence-corrected chi connectivity index (χ4v) is 0.686. The van der Waals surface area contributed by atoms with E-state index < -0.39 is 0 Å². The van der Waals surface area contributed by atoms with Gasteiger partial charge in [-0.2, -0.15) is 0 Å². The third-order valence-corrected chi connectivity index (χ3v) is 1.37. The molecule has 1 rings (SSSR count). The summed E-state index contributed by atoms with van der Waals surface area (Å²) in [5.74, 6) is 0. The van der Waals surface area contributed by atoms with Crippen LogP contribution in [0.3, 0.4) is 0 Å². The van der Waals surface area contributed by atoms with Crippen molar-refractivity contribution < 1.29 is 4.79 Å². The summed E-state index contributed by atoms with van der Waals surface area (Å²) in [5.41, 5.74) is 1.47. The van der Waals surface area contributed by atoms with Crippen LogP contribution in [0.5, 0.6) is 0 Å². The van der Waals surface area contributed by atoms with Crippen molar-refractivity contribution >= 4 is 12.1 Å². The molecule has 0 saturated heterocycles. The molecule has 0 N–H and O–H groups in total. The van der Waals surface area contributed by atoms with Crippen LogP contribution in [0.1, 0.15) is 5.69 Å². The zero-order chi connectivity index (χ0) is 8.27. The number of aromatic nitrogens is 1. The van der Waals surface area contributed by atoms with E-state index in [0.29, 0.717) is 5.69 Å². The van der Waals surface area contributed by atoms with Crippen LogP contribution in [0.2, 0.25) is 0 Å². The first kappa shape index (κ1) is 7.72. The first-order chi connectivity index (χ1) is 5.24. The summed E-state index contributed by atoms with van der Waals surface area (Å²) >= 11 is 0. The molecule has 11 heavy (non-hydrogen) atoms. The van der Waals surface area contributed by atoms with Crippen LogP contribution in [-0.2, 0) is 4.79 Å². The summed E-state index contributed by atoms with van der Waals surface area (Å²) in [4.78, 5) is 15.7. The maximum atomic E-state index is 10.3. The molecule has 0 atom stereocenters. The molecular weight excluding hydrogens is 140 g/mol. The van der Waals surface area contributed by atoms with E-state index in [1.165, 1.54) is 4.90 Å². The van der Waals surface area contributed by atoms with E-state index in [-0.39, 0.29) is 0 Å². The summed E-state index contributed by atoms with van der Waals surface area (Å²) < 4.78 is 0. The van der Waals surface area contributed by atoms with Crippen LogP contribution < -0.4 is 4.90 Å². The Morgan fingerprint density at radius 2 is 2.36 bits per heavy atom. The van der Waals surface area contributed by atoms with Gasteiger partial charge >= 0.3 is 0 Å². The van der Waals surface area contributed by atoms with Crippen LogP contribution >= 0.6 is 0 Å². The van der Waals surface area contributed by atoms with E-state index in [9.17, 15) is 4.79 Å². The molecule has 0 unspecified atom stereocenters. The molecule has 1 heterocycles. The molecule has 0 aromatic carbocycles. The maximum absolute atomic E-state index is 10.3. The number of nitrogens with zero attached hydrogens (tertiary/aromatic N) is 2. The van der Waals surface area contributed by atoms with Gasteiger partial charge in [0, 0.05) is 12.7 Å². The highest BCUT2D eigenvalue weighted by molar-refractivity contribution is 5.73. The zero-order valence-corrected chi connectivity index (χ0v) is 6.32. The van der Waals surface area contributed by atoms with Gasteiger partial charge in [0.25, 0.3) is 0 Å². The first-order valence-electron chi connectivity index (χ1n) is 3.20. The average molecular weight is 149 g/mol. The monoisotopic (exact) mass is 149 g/mol. The third-order valence-electron chi connectivity index (χ3n) is 1.37. The molecule has 3 nitrogen and oxygen atoms in total. The Balaban J connectivity index is 2.89. The Hall–Kier alpha value is -1.38. The van der Waals surface area contributed by atoms with Gasteiger partial charge < -0.3 is 4.90 Å². The van der Waals surface area contributed by atoms with E-state index in [0.717, 1.165) is 12.1 Å². The summed E-state index contributed by atoms with van der Waals surface area (Å²) in [5, 5.41) is 0. The molecule has 0 saturated carbocycles. The first-order valence-corrected chi connectivity index (χ1v) is 3.20. The minimum Gasteiger partial charge on any atom is -0.317 e. The fourth-order valence-electron chi connectivity index (χ4n) is 0.686. The number of carbonyl (C=O) groups is 1. The van der Waals surface area contributed by atoms with Crippen LogP contribution in [0.25, 0.3) is 0 Å². The van der Waals surface area contributed by atoms with Gasteiger partial charge in [0.15, 0.2) is 0 Å². The summed E-state index contributed by atoms with van der Waals surface area (Å²) in [6, 6.07) is 3.55. The van der Waals surface area contributed by atoms with Crippen LogP contribution in [0.15, 0.2) is 18.3 Å². The molecular formula is C8H9N2O. The lowest BCUT2D eigenvalue weighted by molar-refractivity contribution is -0.107. The van der Waals surface area contributed by atoms with Gasteiger partial charge in [0.1, 0.15) is 0 Å². The Morgan fingerprint density at radius 1 is 1.64 bits per heavy atom. The smallest absolute Gasteiger partial charge is 0.213 e. The van der Waals surface area contributed by atoms with Gasteiger partial charge in [0.05, 0.1) is 11.9 Å². The van der Waals surface area contributed by atoms with Crippen molar-refractivity contribution in [3.05, 3.63) is 30.9 Å². The van der Waals surface area contributed by atoms with Gasteiger partial charge in [-0.15, -0.1) is 0 Å². The molecule has 0 aliphatic heterocycles. The van der Waals surface area contributed by atoms with Crippen molar-refractivity contribution in [3.8, 4) is 0 Å². The number of rotatable bonds is 2. The molecule has 1 radical (unpaired) electrons. The largest absolute Gasteiger partial charge is 0.317 e. The summed E-state index contributed by atoms with van der Waals surface area (Å²) in [6.45, 7) is 3.63. The lowest BCUT2D eigenvalue weighted by Gasteiger charge is -2.08. The molecule has 0 bridgehead atoms. The summed E-state index contributed by atoms with van der Waals surface area (Å²) in [6.07, 6.45) is 2.34.